The summed E-state index contributed by atoms with van der Waals surface area (Å²) in [5.74, 6) is -0.188. The number of amides is 1. The van der Waals surface area contributed by atoms with E-state index in [2.05, 4.69) is 23.5 Å². The second-order valence-corrected chi connectivity index (χ2v) is 11.4. The highest BCUT2D eigenvalue weighted by Crippen LogP contribution is 2.35. The van der Waals surface area contributed by atoms with Gasteiger partial charge in [-0.25, -0.2) is 8.42 Å². The summed E-state index contributed by atoms with van der Waals surface area (Å²) in [7, 11) is -3.51. The van der Waals surface area contributed by atoms with Crippen molar-refractivity contribution in [2.24, 2.45) is 0 Å². The molecule has 6 heteroatoms. The van der Waals surface area contributed by atoms with E-state index in [1.807, 2.05) is 56.3 Å². The fourth-order valence-electron chi connectivity index (χ4n) is 5.20. The van der Waals surface area contributed by atoms with Crippen molar-refractivity contribution >= 4 is 38.1 Å². The zero-order valence-corrected chi connectivity index (χ0v) is 21.7. The molecule has 5 rings (SSSR count). The lowest BCUT2D eigenvalue weighted by Gasteiger charge is -2.27. The summed E-state index contributed by atoms with van der Waals surface area (Å²) >= 11 is 0. The number of benzene rings is 4. The molecule has 0 saturated heterocycles. The summed E-state index contributed by atoms with van der Waals surface area (Å²) in [5.41, 5.74) is 7.45. The average Bonchev–Trinajstić information content (AvgIpc) is 3.28. The first-order chi connectivity index (χ1) is 17.3. The van der Waals surface area contributed by atoms with Gasteiger partial charge >= 0.3 is 0 Å². The maximum absolute atomic E-state index is 13.1. The first kappa shape index (κ1) is 24.1. The fourth-order valence-corrected chi connectivity index (χ4v) is 6.18. The highest BCUT2D eigenvalue weighted by molar-refractivity contribution is 7.92. The molecule has 1 N–H and O–H groups in total. The number of carbonyl (C=O) groups is 1. The first-order valence-corrected chi connectivity index (χ1v) is 14.1. The number of carbonyl (C=O) groups excluding carboxylic acids is 1. The van der Waals surface area contributed by atoms with Gasteiger partial charge in [-0.2, -0.15) is 0 Å². The van der Waals surface area contributed by atoms with Crippen LogP contribution in [0.15, 0.2) is 72.8 Å². The van der Waals surface area contributed by atoms with Crippen LogP contribution >= 0.6 is 0 Å². The average molecular weight is 499 g/mol. The molecule has 4 aromatic rings. The molecule has 0 unspecified atom stereocenters. The minimum Gasteiger partial charge on any atom is -0.321 e. The van der Waals surface area contributed by atoms with Gasteiger partial charge in [0.15, 0.2) is 0 Å². The van der Waals surface area contributed by atoms with Gasteiger partial charge in [0, 0.05) is 16.6 Å². The van der Waals surface area contributed by atoms with Gasteiger partial charge in [-0.3, -0.25) is 9.10 Å². The number of para-hydroxylation sites is 1. The summed E-state index contributed by atoms with van der Waals surface area (Å²) in [6.07, 6.45) is 4.05. The van der Waals surface area contributed by atoms with Crippen LogP contribution in [0.5, 0.6) is 0 Å². The van der Waals surface area contributed by atoms with Gasteiger partial charge < -0.3 is 5.32 Å². The molecule has 5 nitrogen and oxygen atoms in total. The van der Waals surface area contributed by atoms with Crippen molar-refractivity contribution in [3.05, 3.63) is 106 Å². The summed E-state index contributed by atoms with van der Waals surface area (Å²) in [4.78, 5) is 13.1. The molecule has 0 fully saturated rings. The summed E-state index contributed by atoms with van der Waals surface area (Å²) < 4.78 is 27.0. The maximum Gasteiger partial charge on any atom is 0.255 e. The second kappa shape index (κ2) is 9.43. The van der Waals surface area contributed by atoms with E-state index >= 15 is 0 Å². The van der Waals surface area contributed by atoms with Gasteiger partial charge in [-0.1, -0.05) is 61.5 Å². The van der Waals surface area contributed by atoms with Crippen LogP contribution in [0, 0.1) is 6.92 Å². The molecule has 1 aliphatic rings. The number of hydrogen-bond donors (Lipinski definition) is 1. The van der Waals surface area contributed by atoms with Crippen LogP contribution < -0.4 is 9.62 Å². The standard InChI is InChI=1S/C30H30N2O3S/c1-4-22-8-5-7-20(2)29(22)32(36(3,34)35)19-21-11-13-25(14-12-21)30(33)31-27-18-17-24-16-15-23-9-6-10-26(27)28(23)24/h5-14,17-18H,4,15-16,19H2,1-3H3,(H,31,33). The summed E-state index contributed by atoms with van der Waals surface area (Å²) in [5, 5.41) is 5.40. The van der Waals surface area contributed by atoms with E-state index in [-0.39, 0.29) is 12.5 Å². The minimum atomic E-state index is -3.51. The van der Waals surface area contributed by atoms with Crippen LogP contribution in [0.4, 0.5) is 11.4 Å². The highest BCUT2D eigenvalue weighted by Gasteiger charge is 2.22. The molecule has 0 bridgehead atoms. The lowest BCUT2D eigenvalue weighted by molar-refractivity contribution is 0.102. The van der Waals surface area contributed by atoms with Crippen molar-refractivity contribution in [3.63, 3.8) is 0 Å². The zero-order valence-electron chi connectivity index (χ0n) is 20.8. The van der Waals surface area contributed by atoms with Crippen LogP contribution in [0.1, 0.15) is 45.1 Å². The molecule has 0 saturated carbocycles. The van der Waals surface area contributed by atoms with Crippen LogP contribution in [0.3, 0.4) is 0 Å². The Morgan fingerprint density at radius 2 is 1.61 bits per heavy atom. The molecule has 0 aliphatic heterocycles. The van der Waals surface area contributed by atoms with Gasteiger partial charge in [0.25, 0.3) is 5.91 Å². The quantitative estimate of drug-likeness (QED) is 0.338. The minimum absolute atomic E-state index is 0.188. The summed E-state index contributed by atoms with van der Waals surface area (Å²) in [6, 6.07) is 23.4. The molecule has 4 aromatic carbocycles. The van der Waals surface area contributed by atoms with E-state index in [1.165, 1.54) is 27.1 Å². The summed E-state index contributed by atoms with van der Waals surface area (Å²) in [6.45, 7) is 4.15. The Labute approximate surface area is 212 Å². The fraction of sp³-hybridized carbons (Fsp3) is 0.233. The molecular formula is C30H30N2O3S. The molecule has 0 atom stereocenters. The highest BCUT2D eigenvalue weighted by atomic mass is 32.2. The predicted molar refractivity (Wildman–Crippen MR) is 147 cm³/mol. The molecule has 1 amide bonds. The SMILES string of the molecule is CCc1cccc(C)c1N(Cc1ccc(C(=O)Nc2ccc3c4c(cccc24)CC3)cc1)S(C)(=O)=O. The zero-order chi connectivity index (χ0) is 25.4. The molecule has 0 spiro atoms. The third-order valence-corrected chi connectivity index (χ3v) is 8.13. The Morgan fingerprint density at radius 3 is 2.31 bits per heavy atom. The van der Waals surface area contributed by atoms with Gasteiger partial charge in [-0.05, 0) is 77.6 Å². The van der Waals surface area contributed by atoms with Crippen molar-refractivity contribution in [2.75, 3.05) is 15.9 Å². The smallest absolute Gasteiger partial charge is 0.255 e. The van der Waals surface area contributed by atoms with E-state index in [0.717, 1.165) is 52.7 Å². The first-order valence-electron chi connectivity index (χ1n) is 12.3. The van der Waals surface area contributed by atoms with Crippen molar-refractivity contribution in [1.82, 2.24) is 0 Å². The molecular weight excluding hydrogens is 468 g/mol. The molecule has 36 heavy (non-hydrogen) atoms. The normalized spacial score (nSPS) is 12.6. The van der Waals surface area contributed by atoms with Crippen molar-refractivity contribution < 1.29 is 13.2 Å². The Hall–Kier alpha value is -3.64. The third-order valence-electron chi connectivity index (χ3n) is 7.02. The molecule has 0 aromatic heterocycles. The van der Waals surface area contributed by atoms with E-state index in [1.54, 1.807) is 12.1 Å². The second-order valence-electron chi connectivity index (χ2n) is 9.47. The largest absolute Gasteiger partial charge is 0.321 e. The van der Waals surface area contributed by atoms with E-state index in [4.69, 9.17) is 0 Å². The van der Waals surface area contributed by atoms with Crippen LogP contribution in [0.2, 0.25) is 0 Å². The number of aryl methyl sites for hydroxylation is 4. The molecule has 184 valence electrons. The lowest BCUT2D eigenvalue weighted by atomic mass is 10.0. The Bertz CT molecular complexity index is 1560. The number of sulfonamides is 1. The monoisotopic (exact) mass is 498 g/mol. The van der Waals surface area contributed by atoms with Crippen molar-refractivity contribution in [1.29, 1.82) is 0 Å². The van der Waals surface area contributed by atoms with Gasteiger partial charge in [0.05, 0.1) is 18.5 Å². The van der Waals surface area contributed by atoms with Crippen LogP contribution in [-0.2, 0) is 35.8 Å². The molecule has 0 heterocycles. The maximum atomic E-state index is 13.1. The van der Waals surface area contributed by atoms with Gasteiger partial charge in [0.1, 0.15) is 0 Å². The Balaban J connectivity index is 1.39. The number of nitrogens with one attached hydrogen (secondary N) is 1. The number of anilines is 2. The number of hydrogen-bond acceptors (Lipinski definition) is 3. The predicted octanol–water partition coefficient (Wildman–Crippen LogP) is 6.03. The van der Waals surface area contributed by atoms with Crippen molar-refractivity contribution in [2.45, 2.75) is 39.7 Å². The Kier molecular flexibility index (Phi) is 6.31. The Morgan fingerprint density at radius 1 is 0.917 bits per heavy atom. The van der Waals surface area contributed by atoms with Gasteiger partial charge in [0.2, 0.25) is 10.0 Å². The van der Waals surface area contributed by atoms with Crippen molar-refractivity contribution in [3.8, 4) is 0 Å². The van der Waals surface area contributed by atoms with Crippen LogP contribution in [0.25, 0.3) is 10.8 Å². The number of nitrogens with zero attached hydrogens (tertiary/aromatic N) is 1. The van der Waals surface area contributed by atoms with E-state index in [0.29, 0.717) is 5.56 Å². The molecule has 1 aliphatic carbocycles. The lowest BCUT2D eigenvalue weighted by Crippen LogP contribution is -2.31. The third kappa shape index (κ3) is 4.49. The van der Waals surface area contributed by atoms with Crippen LogP contribution in [-0.4, -0.2) is 20.6 Å². The topological polar surface area (TPSA) is 66.5 Å². The van der Waals surface area contributed by atoms with E-state index < -0.39 is 10.0 Å². The number of rotatable bonds is 7. The van der Waals surface area contributed by atoms with Gasteiger partial charge in [-0.15, -0.1) is 0 Å². The van der Waals surface area contributed by atoms with E-state index in [9.17, 15) is 13.2 Å². The molecule has 0 radical (unpaired) electrons.